The first-order chi connectivity index (χ1) is 5.70. The predicted molar refractivity (Wildman–Crippen MR) is 57.3 cm³/mol. The van der Waals surface area contributed by atoms with E-state index >= 15 is 0 Å². The molecular weight excluding hydrogens is 216 g/mol. The van der Waals surface area contributed by atoms with E-state index in [2.05, 4.69) is 16.0 Å². The van der Waals surface area contributed by atoms with Crippen LogP contribution >= 0.6 is 22.2 Å². The molecule has 7 heteroatoms. The maximum atomic E-state index is 10.2. The van der Waals surface area contributed by atoms with E-state index in [0.717, 1.165) is 11.5 Å². The molecule has 0 saturated carbocycles. The largest absolute Gasteiger partial charge is 0.417 e. The van der Waals surface area contributed by atoms with Crippen LogP contribution in [0.25, 0.3) is 0 Å². The van der Waals surface area contributed by atoms with Gasteiger partial charge in [-0.2, -0.15) is 4.89 Å². The molecule has 74 valence electrons. The van der Waals surface area contributed by atoms with Gasteiger partial charge >= 0.3 is 0 Å². The molecule has 0 unspecified atom stereocenters. The summed E-state index contributed by atoms with van der Waals surface area (Å²) in [6, 6.07) is 0. The van der Waals surface area contributed by atoms with Crippen LogP contribution in [0.2, 0.25) is 0 Å². The molecule has 0 aliphatic rings. The Bertz CT molecular complexity index is 210. The van der Waals surface area contributed by atoms with Gasteiger partial charge in [-0.25, -0.2) is 10.3 Å². The van der Waals surface area contributed by atoms with Crippen LogP contribution in [0.3, 0.4) is 0 Å². The average Bonchev–Trinajstić information content (AvgIpc) is 2.10. The summed E-state index contributed by atoms with van der Waals surface area (Å²) in [4.78, 5) is 17.6. The van der Waals surface area contributed by atoms with Crippen LogP contribution in [-0.2, 0) is 18.9 Å². The van der Waals surface area contributed by atoms with Gasteiger partial charge in [0.25, 0.3) is 0 Å². The fraction of sp³-hybridized carbons (Fsp3) is 0.800. The van der Waals surface area contributed by atoms with E-state index in [1.54, 1.807) is 18.5 Å². The fourth-order valence-corrected chi connectivity index (χ4v) is 3.37. The van der Waals surface area contributed by atoms with Gasteiger partial charge in [0.1, 0.15) is 0 Å². The van der Waals surface area contributed by atoms with Crippen LogP contribution in [0.15, 0.2) is 0 Å². The van der Waals surface area contributed by atoms with Crippen molar-refractivity contribution in [2.75, 3.05) is 25.5 Å². The van der Waals surface area contributed by atoms with Crippen LogP contribution in [-0.4, -0.2) is 36.2 Å². The van der Waals surface area contributed by atoms with E-state index in [0.29, 0.717) is 0 Å². The monoisotopic (exact) mass is 229 g/mol. The molecule has 0 fully saturated rings. The van der Waals surface area contributed by atoms with Crippen molar-refractivity contribution in [3.8, 4) is 0 Å². The van der Waals surface area contributed by atoms with Gasteiger partial charge in [0.05, 0.1) is 7.11 Å². The van der Waals surface area contributed by atoms with Gasteiger partial charge in [-0.15, -0.1) is 6.26 Å². The Morgan fingerprint density at radius 2 is 2.42 bits per heavy atom. The number of amides is 1. The second-order valence-corrected chi connectivity index (χ2v) is 7.31. The van der Waals surface area contributed by atoms with Gasteiger partial charge in [0, 0.05) is 7.05 Å². The summed E-state index contributed by atoms with van der Waals surface area (Å²) in [5.74, 6) is 0. The fourth-order valence-electron chi connectivity index (χ4n) is 0.304. The van der Waals surface area contributed by atoms with Gasteiger partial charge in [-0.05, 0) is 0 Å². The topological polar surface area (TPSA) is 41.6 Å². The number of carbonyl (C=O) groups is 1. The van der Waals surface area contributed by atoms with Crippen LogP contribution in [0, 0.1) is 0 Å². The van der Waals surface area contributed by atoms with Crippen molar-refractivity contribution in [1.29, 1.82) is 0 Å². The molecule has 0 heterocycles. The Balaban J connectivity index is 3.64. The average molecular weight is 229 g/mol. The number of nitrogens with one attached hydrogen (secondary N) is 1. The molecule has 0 saturated heterocycles. The first-order valence-corrected chi connectivity index (χ1v) is 7.17. The molecule has 4 nitrogen and oxygen atoms in total. The normalized spacial score (nSPS) is 10.0. The number of hydrogen-bond donors (Lipinski definition) is 1. The molecule has 0 bridgehead atoms. The van der Waals surface area contributed by atoms with Crippen molar-refractivity contribution in [2.45, 2.75) is 0 Å². The minimum absolute atomic E-state index is 0.151. The van der Waals surface area contributed by atoms with Crippen molar-refractivity contribution < 1.29 is 9.63 Å². The van der Waals surface area contributed by atoms with Crippen molar-refractivity contribution in [3.05, 3.63) is 0 Å². The maximum Gasteiger partial charge on any atom is 0.219 e. The molecule has 0 aliphatic heterocycles. The van der Waals surface area contributed by atoms with Crippen LogP contribution in [0.1, 0.15) is 0 Å². The van der Waals surface area contributed by atoms with Crippen molar-refractivity contribution in [1.82, 2.24) is 9.19 Å². The van der Waals surface area contributed by atoms with Gasteiger partial charge in [-0.1, -0.05) is 17.0 Å². The van der Waals surface area contributed by atoms with Crippen molar-refractivity contribution in [2.24, 2.45) is 0 Å². The molecule has 0 spiro atoms. The third-order valence-electron chi connectivity index (χ3n) is 0.830. The molecule has 12 heavy (non-hydrogen) atoms. The Hall–Kier alpha value is 0.310. The van der Waals surface area contributed by atoms with Crippen LogP contribution in [0.4, 0.5) is 0 Å². The zero-order valence-electron chi connectivity index (χ0n) is 7.27. The molecule has 0 rings (SSSR count). The molecular formula is C5H13N2O2S3-. The maximum absolute atomic E-state index is 10.2. The highest BCUT2D eigenvalue weighted by Gasteiger charge is 1.86. The number of hydrogen-bond acceptors (Lipinski definition) is 5. The molecule has 0 aromatic rings. The molecule has 1 amide bonds. The van der Waals surface area contributed by atoms with Gasteiger partial charge in [-0.3, -0.25) is 13.9 Å². The second kappa shape index (κ2) is 7.93. The van der Waals surface area contributed by atoms with E-state index in [1.807, 2.05) is 0 Å². The lowest BCUT2D eigenvalue weighted by molar-refractivity contribution is -0.113. The van der Waals surface area contributed by atoms with E-state index < -0.39 is 0 Å². The van der Waals surface area contributed by atoms with E-state index in [-0.39, 0.29) is 9.23 Å². The predicted octanol–water partition coefficient (Wildman–Crippen LogP) is 0.643. The van der Waals surface area contributed by atoms with E-state index in [1.165, 1.54) is 22.2 Å². The van der Waals surface area contributed by atoms with Crippen LogP contribution in [0.5, 0.6) is 0 Å². The highest BCUT2D eigenvalue weighted by Crippen LogP contribution is 2.05. The van der Waals surface area contributed by atoms with Gasteiger partial charge in [0.2, 0.25) is 6.41 Å². The summed E-state index contributed by atoms with van der Waals surface area (Å²) in [6.45, 7) is 0. The first kappa shape index (κ1) is 12.3. The minimum atomic E-state index is 0.151. The third-order valence-corrected chi connectivity index (χ3v) is 5.52. The number of carbonyl (C=O) groups excluding carboxylic acids is 1. The number of nitrogens with zero attached hydrogens (tertiary/aromatic N) is 1. The Morgan fingerprint density at radius 3 is 2.92 bits per heavy atom. The summed E-state index contributed by atoms with van der Waals surface area (Å²) < 4.78 is 1.55. The lowest BCUT2D eigenvalue weighted by Crippen LogP contribution is -2.07. The van der Waals surface area contributed by atoms with Crippen molar-refractivity contribution >= 4 is 37.9 Å². The van der Waals surface area contributed by atoms with E-state index in [4.69, 9.17) is 0 Å². The molecule has 0 aromatic heterocycles. The summed E-state index contributed by atoms with van der Waals surface area (Å²) in [7, 11) is 4.99. The lowest BCUT2D eigenvalue weighted by Gasteiger charge is -2.15. The SMILES string of the molecule is CONS#[S-](C)CSN(C)C=O. The molecule has 1 N–H and O–H groups in total. The smallest absolute Gasteiger partial charge is 0.219 e. The quantitative estimate of drug-likeness (QED) is 0.332. The zero-order valence-corrected chi connectivity index (χ0v) is 9.72. The van der Waals surface area contributed by atoms with E-state index in [9.17, 15) is 4.79 Å². The summed E-state index contributed by atoms with van der Waals surface area (Å²) in [5.41, 5.74) is 0. The zero-order chi connectivity index (χ0) is 9.40. The standard InChI is InChI=1S/C5H13N2O2S3/c1-7(4-8)10-5-12(3)11-6-9-2/h4,6H,5H2,1-3H3/q-1. The minimum Gasteiger partial charge on any atom is -0.417 e. The van der Waals surface area contributed by atoms with Crippen LogP contribution < -0.4 is 4.89 Å². The lowest BCUT2D eigenvalue weighted by atomic mass is 11.2. The summed E-state index contributed by atoms with van der Waals surface area (Å²) >= 11 is 1.50. The first-order valence-electron chi connectivity index (χ1n) is 3.09. The molecule has 0 radical (unpaired) electrons. The second-order valence-electron chi connectivity index (χ2n) is 1.84. The third kappa shape index (κ3) is 6.99. The highest BCUT2D eigenvalue weighted by molar-refractivity contribution is 8.36. The molecule has 0 atom stereocenters. The summed E-state index contributed by atoms with van der Waals surface area (Å²) in [5, 5.41) is 0.899. The summed E-state index contributed by atoms with van der Waals surface area (Å²) in [6.07, 6.45) is 2.89. The Labute approximate surface area is 82.4 Å². The molecule has 0 aromatic carbocycles. The Morgan fingerprint density at radius 1 is 1.75 bits per heavy atom. The number of rotatable bonds is 4. The Kier molecular flexibility index (Phi) is 8.14. The van der Waals surface area contributed by atoms with Crippen molar-refractivity contribution in [3.63, 3.8) is 0 Å². The molecule has 0 aliphatic carbocycles. The van der Waals surface area contributed by atoms with Gasteiger partial charge < -0.3 is 9.23 Å². The highest BCUT2D eigenvalue weighted by atomic mass is 32.7. The van der Waals surface area contributed by atoms with Gasteiger partial charge in [0.15, 0.2) is 0 Å².